The van der Waals surface area contributed by atoms with Gasteiger partial charge in [-0.15, -0.1) is 11.3 Å². The minimum absolute atomic E-state index is 0.109. The molecule has 0 saturated carbocycles. The number of carboxylic acids is 1. The monoisotopic (exact) mass is 239 g/mol. The topological polar surface area (TPSA) is 50.2 Å². The normalized spacial score (nSPS) is 10.2. The van der Waals surface area contributed by atoms with Crippen LogP contribution in [0, 0.1) is 0 Å². The van der Waals surface area contributed by atoms with Gasteiger partial charge in [-0.25, -0.2) is 9.78 Å². The number of rotatable bonds is 2. The Morgan fingerprint density at radius 1 is 1.40 bits per heavy atom. The van der Waals surface area contributed by atoms with Crippen LogP contribution in [0.15, 0.2) is 29.6 Å². The van der Waals surface area contributed by atoms with Gasteiger partial charge in [0.15, 0.2) is 5.69 Å². The highest BCUT2D eigenvalue weighted by atomic mass is 35.5. The van der Waals surface area contributed by atoms with E-state index in [-0.39, 0.29) is 10.7 Å². The third kappa shape index (κ3) is 2.00. The fourth-order valence-electron chi connectivity index (χ4n) is 1.15. The summed E-state index contributed by atoms with van der Waals surface area (Å²) in [7, 11) is 0. The molecule has 15 heavy (non-hydrogen) atoms. The summed E-state index contributed by atoms with van der Waals surface area (Å²) in [4.78, 5) is 15.7. The summed E-state index contributed by atoms with van der Waals surface area (Å²) in [6.45, 7) is 0. The van der Waals surface area contributed by atoms with Crippen LogP contribution in [0.5, 0.6) is 0 Å². The predicted molar refractivity (Wildman–Crippen MR) is 59.5 cm³/mol. The molecule has 0 unspecified atom stereocenters. The van der Waals surface area contributed by atoms with E-state index in [9.17, 15) is 4.79 Å². The second-order valence-electron chi connectivity index (χ2n) is 2.81. The van der Waals surface area contributed by atoms with Crippen LogP contribution in [0.25, 0.3) is 10.6 Å². The molecule has 0 fully saturated rings. The number of hydrogen-bond donors (Lipinski definition) is 1. The van der Waals surface area contributed by atoms with Crippen molar-refractivity contribution in [2.75, 3.05) is 0 Å². The fourth-order valence-corrected chi connectivity index (χ4v) is 2.04. The molecule has 0 aromatic carbocycles. The first-order valence-corrected chi connectivity index (χ1v) is 5.38. The van der Waals surface area contributed by atoms with E-state index in [2.05, 4.69) is 4.98 Å². The van der Waals surface area contributed by atoms with Crippen LogP contribution in [0.1, 0.15) is 10.5 Å². The maximum absolute atomic E-state index is 10.8. The molecule has 0 spiro atoms. The van der Waals surface area contributed by atoms with E-state index < -0.39 is 5.97 Å². The number of aromatic carboxylic acids is 1. The lowest BCUT2D eigenvalue weighted by atomic mass is 10.2. The van der Waals surface area contributed by atoms with E-state index in [1.165, 1.54) is 11.3 Å². The second-order valence-corrected chi connectivity index (χ2v) is 4.16. The third-order valence-corrected chi connectivity index (χ3v) is 3.02. The molecule has 0 amide bonds. The lowest BCUT2D eigenvalue weighted by molar-refractivity contribution is 0.0691. The zero-order valence-corrected chi connectivity index (χ0v) is 9.05. The van der Waals surface area contributed by atoms with E-state index in [1.807, 2.05) is 17.5 Å². The van der Waals surface area contributed by atoms with Crippen molar-refractivity contribution in [3.05, 3.63) is 40.4 Å². The van der Waals surface area contributed by atoms with Crippen molar-refractivity contribution < 1.29 is 9.90 Å². The van der Waals surface area contributed by atoms with E-state index in [1.54, 1.807) is 12.1 Å². The van der Waals surface area contributed by atoms with E-state index in [0.29, 0.717) is 5.69 Å². The van der Waals surface area contributed by atoms with Gasteiger partial charge < -0.3 is 5.11 Å². The number of carbonyl (C=O) groups is 1. The van der Waals surface area contributed by atoms with Crippen molar-refractivity contribution >= 4 is 28.9 Å². The Morgan fingerprint density at radius 3 is 2.80 bits per heavy atom. The largest absolute Gasteiger partial charge is 0.476 e. The average Bonchev–Trinajstić information content (AvgIpc) is 2.71. The van der Waals surface area contributed by atoms with Crippen LogP contribution >= 0.6 is 22.9 Å². The molecule has 2 aromatic heterocycles. The molecule has 0 bridgehead atoms. The zero-order valence-electron chi connectivity index (χ0n) is 7.48. The highest BCUT2D eigenvalue weighted by Crippen LogP contribution is 2.25. The predicted octanol–water partition coefficient (Wildman–Crippen LogP) is 3.16. The van der Waals surface area contributed by atoms with Crippen molar-refractivity contribution in [1.29, 1.82) is 0 Å². The lowest BCUT2D eigenvalue weighted by Gasteiger charge is -2.00. The van der Waals surface area contributed by atoms with Crippen molar-refractivity contribution in [3.63, 3.8) is 0 Å². The molecular formula is C10H6ClNO2S. The average molecular weight is 240 g/mol. The van der Waals surface area contributed by atoms with Gasteiger partial charge in [0, 0.05) is 0 Å². The molecule has 3 nitrogen and oxygen atoms in total. The molecule has 2 heterocycles. The molecule has 2 rings (SSSR count). The van der Waals surface area contributed by atoms with Gasteiger partial charge in [-0.2, -0.15) is 0 Å². The number of nitrogens with zero attached hydrogens (tertiary/aromatic N) is 1. The molecule has 2 aromatic rings. The standard InChI is InChI=1S/C10H6ClNO2S/c11-6-3-4-7(8-2-1-5-15-8)12-9(6)10(13)14/h1-5H,(H,13,14). The third-order valence-electron chi connectivity index (χ3n) is 1.82. The van der Waals surface area contributed by atoms with Crippen molar-refractivity contribution in [2.45, 2.75) is 0 Å². The van der Waals surface area contributed by atoms with Crippen molar-refractivity contribution in [3.8, 4) is 10.6 Å². The first-order valence-electron chi connectivity index (χ1n) is 4.12. The van der Waals surface area contributed by atoms with Gasteiger partial charge in [-0.1, -0.05) is 17.7 Å². The van der Waals surface area contributed by atoms with Gasteiger partial charge in [0.2, 0.25) is 0 Å². The molecule has 0 aliphatic rings. The van der Waals surface area contributed by atoms with Crippen LogP contribution in [0.3, 0.4) is 0 Å². The molecule has 76 valence electrons. The van der Waals surface area contributed by atoms with Gasteiger partial charge in [0.25, 0.3) is 0 Å². The molecule has 0 aliphatic carbocycles. The van der Waals surface area contributed by atoms with E-state index in [4.69, 9.17) is 16.7 Å². The van der Waals surface area contributed by atoms with Gasteiger partial charge >= 0.3 is 5.97 Å². The SMILES string of the molecule is O=C(O)c1nc(-c2cccs2)ccc1Cl. The maximum Gasteiger partial charge on any atom is 0.356 e. The number of halogens is 1. The highest BCUT2D eigenvalue weighted by Gasteiger charge is 2.12. The maximum atomic E-state index is 10.8. The molecule has 0 radical (unpaired) electrons. The Morgan fingerprint density at radius 2 is 2.20 bits per heavy atom. The van der Waals surface area contributed by atoms with Gasteiger partial charge in [0.1, 0.15) is 0 Å². The summed E-state index contributed by atoms with van der Waals surface area (Å²) in [5.74, 6) is -1.11. The summed E-state index contributed by atoms with van der Waals surface area (Å²) in [6, 6.07) is 7.02. The molecule has 0 aliphatic heterocycles. The minimum Gasteiger partial charge on any atom is -0.476 e. The Labute approximate surface area is 95.0 Å². The Bertz CT molecular complexity index is 496. The van der Waals surface area contributed by atoms with Crippen LogP contribution < -0.4 is 0 Å². The Hall–Kier alpha value is -1.39. The van der Waals surface area contributed by atoms with E-state index in [0.717, 1.165) is 4.88 Å². The first-order chi connectivity index (χ1) is 7.18. The second kappa shape index (κ2) is 4.00. The number of pyridine rings is 1. The summed E-state index contributed by atoms with van der Waals surface area (Å²) >= 11 is 7.22. The number of hydrogen-bond acceptors (Lipinski definition) is 3. The van der Waals surface area contributed by atoms with Gasteiger partial charge in [-0.3, -0.25) is 0 Å². The number of thiophene rings is 1. The van der Waals surface area contributed by atoms with Crippen molar-refractivity contribution in [2.24, 2.45) is 0 Å². The van der Waals surface area contributed by atoms with Gasteiger partial charge in [0.05, 0.1) is 15.6 Å². The fraction of sp³-hybridized carbons (Fsp3) is 0. The zero-order chi connectivity index (χ0) is 10.8. The minimum atomic E-state index is -1.11. The summed E-state index contributed by atoms with van der Waals surface area (Å²) < 4.78 is 0. The van der Waals surface area contributed by atoms with Crippen LogP contribution in [0.2, 0.25) is 5.02 Å². The smallest absolute Gasteiger partial charge is 0.356 e. The Balaban J connectivity index is 2.52. The van der Waals surface area contributed by atoms with Crippen LogP contribution in [0.4, 0.5) is 0 Å². The molecule has 5 heteroatoms. The quantitative estimate of drug-likeness (QED) is 0.876. The Kier molecular flexibility index (Phi) is 2.70. The summed E-state index contributed by atoms with van der Waals surface area (Å²) in [5.41, 5.74) is 0.523. The van der Waals surface area contributed by atoms with Crippen molar-refractivity contribution in [1.82, 2.24) is 4.98 Å². The van der Waals surface area contributed by atoms with Crippen LogP contribution in [-0.4, -0.2) is 16.1 Å². The number of carboxylic acid groups (broad SMARTS) is 1. The number of aromatic nitrogens is 1. The first kappa shape index (κ1) is 10.1. The van der Waals surface area contributed by atoms with Crippen LogP contribution in [-0.2, 0) is 0 Å². The molecular weight excluding hydrogens is 234 g/mol. The molecule has 0 saturated heterocycles. The summed E-state index contributed by atoms with van der Waals surface area (Å²) in [6.07, 6.45) is 0. The highest BCUT2D eigenvalue weighted by molar-refractivity contribution is 7.13. The van der Waals surface area contributed by atoms with Gasteiger partial charge in [-0.05, 0) is 23.6 Å². The van der Waals surface area contributed by atoms with E-state index >= 15 is 0 Å². The molecule has 0 atom stereocenters. The summed E-state index contributed by atoms with van der Waals surface area (Å²) in [5, 5.41) is 10.9. The molecule has 1 N–H and O–H groups in total. The lowest BCUT2D eigenvalue weighted by Crippen LogP contribution is -2.01.